The van der Waals surface area contributed by atoms with Crippen LogP contribution in [0, 0.1) is 5.92 Å². The normalized spacial score (nSPS) is 14.6. The van der Waals surface area contributed by atoms with E-state index in [2.05, 4.69) is 5.32 Å². The highest BCUT2D eigenvalue weighted by Crippen LogP contribution is 2.28. The van der Waals surface area contributed by atoms with E-state index in [0.717, 1.165) is 0 Å². The first-order valence-electron chi connectivity index (χ1n) is 8.77. The van der Waals surface area contributed by atoms with Crippen molar-refractivity contribution in [1.82, 2.24) is 4.90 Å². The van der Waals surface area contributed by atoms with E-state index in [4.69, 9.17) is 39.5 Å². The Kier molecular flexibility index (Phi) is 6.70. The van der Waals surface area contributed by atoms with Gasteiger partial charge in [0.25, 0.3) is 5.91 Å². The van der Waals surface area contributed by atoms with Crippen molar-refractivity contribution in [1.29, 1.82) is 0 Å². The molecule has 3 rings (SSSR count). The number of benzene rings is 2. The van der Waals surface area contributed by atoms with Crippen LogP contribution < -0.4 is 10.1 Å². The van der Waals surface area contributed by atoms with Crippen LogP contribution in [0.5, 0.6) is 5.75 Å². The number of methoxy groups -OCH3 is 1. The Morgan fingerprint density at radius 3 is 2.39 bits per heavy atom. The van der Waals surface area contributed by atoms with Crippen molar-refractivity contribution in [2.45, 2.75) is 12.8 Å². The van der Waals surface area contributed by atoms with Gasteiger partial charge in [-0.3, -0.25) is 9.59 Å². The third-order valence-electron chi connectivity index (χ3n) is 4.73. The van der Waals surface area contributed by atoms with Crippen LogP contribution in [-0.4, -0.2) is 36.9 Å². The number of rotatable bonds is 4. The summed E-state index contributed by atoms with van der Waals surface area (Å²) in [6.45, 7) is 0.960. The van der Waals surface area contributed by atoms with Gasteiger partial charge < -0.3 is 15.0 Å². The number of amides is 2. The first-order chi connectivity index (χ1) is 13.4. The number of carbonyl (C=O) groups is 2. The Labute approximate surface area is 178 Å². The van der Waals surface area contributed by atoms with Crippen molar-refractivity contribution in [2.24, 2.45) is 5.92 Å². The molecule has 0 radical (unpaired) electrons. The second-order valence-electron chi connectivity index (χ2n) is 6.53. The summed E-state index contributed by atoms with van der Waals surface area (Å²) >= 11 is 17.9. The summed E-state index contributed by atoms with van der Waals surface area (Å²) in [7, 11) is 1.51. The predicted molar refractivity (Wildman–Crippen MR) is 112 cm³/mol. The molecule has 8 heteroatoms. The molecule has 1 aliphatic rings. The molecule has 28 heavy (non-hydrogen) atoms. The Balaban J connectivity index is 1.61. The van der Waals surface area contributed by atoms with Crippen LogP contribution in [-0.2, 0) is 4.79 Å². The van der Waals surface area contributed by atoms with Gasteiger partial charge in [-0.1, -0.05) is 34.8 Å². The smallest absolute Gasteiger partial charge is 0.257 e. The molecule has 0 saturated carbocycles. The Morgan fingerprint density at radius 2 is 1.75 bits per heavy atom. The zero-order valence-electron chi connectivity index (χ0n) is 15.2. The van der Waals surface area contributed by atoms with Crippen LogP contribution in [0.1, 0.15) is 23.2 Å². The fourth-order valence-corrected chi connectivity index (χ4v) is 3.65. The van der Waals surface area contributed by atoms with Gasteiger partial charge in [0.15, 0.2) is 0 Å². The quantitative estimate of drug-likeness (QED) is 0.714. The molecule has 0 aliphatic carbocycles. The van der Waals surface area contributed by atoms with Crippen molar-refractivity contribution in [3.63, 3.8) is 0 Å². The average molecular weight is 442 g/mol. The van der Waals surface area contributed by atoms with Crippen molar-refractivity contribution >= 4 is 52.3 Å². The fraction of sp³-hybridized carbons (Fsp3) is 0.300. The molecule has 2 aromatic rings. The van der Waals surface area contributed by atoms with E-state index in [-0.39, 0.29) is 17.7 Å². The highest BCUT2D eigenvalue weighted by Gasteiger charge is 2.29. The molecule has 2 aromatic carbocycles. The summed E-state index contributed by atoms with van der Waals surface area (Å²) < 4.78 is 5.27. The summed E-state index contributed by atoms with van der Waals surface area (Å²) in [4.78, 5) is 27.1. The van der Waals surface area contributed by atoms with Crippen molar-refractivity contribution in [3.8, 4) is 5.75 Å². The predicted octanol–water partition coefficient (Wildman–Crippen LogP) is 5.15. The van der Waals surface area contributed by atoms with E-state index in [0.29, 0.717) is 58.0 Å². The largest absolute Gasteiger partial charge is 0.496 e. The molecule has 1 saturated heterocycles. The van der Waals surface area contributed by atoms with Crippen molar-refractivity contribution in [3.05, 3.63) is 57.0 Å². The molecule has 5 nitrogen and oxygen atoms in total. The number of ether oxygens (including phenoxy) is 1. The number of hydrogen-bond acceptors (Lipinski definition) is 3. The topological polar surface area (TPSA) is 58.6 Å². The Bertz CT molecular complexity index is 896. The number of nitrogens with zero attached hydrogens (tertiary/aromatic N) is 1. The third kappa shape index (κ3) is 4.72. The molecule has 1 aliphatic heterocycles. The zero-order valence-corrected chi connectivity index (χ0v) is 17.4. The molecule has 1 N–H and O–H groups in total. The molecule has 1 heterocycles. The lowest BCUT2D eigenvalue weighted by molar-refractivity contribution is -0.121. The Hall–Kier alpha value is -1.95. The standard InChI is InChI=1S/C20H19Cl3N2O3/c1-28-18-5-2-13(21)10-15(18)20(27)25-8-6-12(7-9-25)19(26)24-14-3-4-16(22)17(23)11-14/h2-5,10-12H,6-9H2,1H3,(H,24,26). The van der Waals surface area contributed by atoms with Crippen LogP contribution in [0.4, 0.5) is 5.69 Å². The summed E-state index contributed by atoms with van der Waals surface area (Å²) in [6.07, 6.45) is 1.14. The minimum atomic E-state index is -0.181. The Morgan fingerprint density at radius 1 is 1.04 bits per heavy atom. The van der Waals surface area contributed by atoms with E-state index < -0.39 is 0 Å². The second kappa shape index (κ2) is 9.03. The minimum absolute atomic E-state index is 0.0918. The van der Waals surface area contributed by atoms with Crippen LogP contribution in [0.2, 0.25) is 15.1 Å². The maximum absolute atomic E-state index is 12.8. The monoisotopic (exact) mass is 440 g/mol. The molecule has 2 amide bonds. The van der Waals surface area contributed by atoms with Crippen molar-refractivity contribution < 1.29 is 14.3 Å². The molecule has 0 unspecified atom stereocenters. The molecule has 0 spiro atoms. The van der Waals surface area contributed by atoms with Crippen molar-refractivity contribution in [2.75, 3.05) is 25.5 Å². The van der Waals surface area contributed by atoms with Crippen LogP contribution in [0.25, 0.3) is 0 Å². The highest BCUT2D eigenvalue weighted by atomic mass is 35.5. The highest BCUT2D eigenvalue weighted by molar-refractivity contribution is 6.42. The van der Waals surface area contributed by atoms with Crippen LogP contribution >= 0.6 is 34.8 Å². The first-order valence-corrected chi connectivity index (χ1v) is 9.91. The molecule has 0 atom stereocenters. The molecular weight excluding hydrogens is 423 g/mol. The second-order valence-corrected chi connectivity index (χ2v) is 7.78. The number of halogens is 3. The fourth-order valence-electron chi connectivity index (χ4n) is 3.18. The van der Waals surface area contributed by atoms with E-state index >= 15 is 0 Å². The third-order valence-corrected chi connectivity index (χ3v) is 5.71. The number of anilines is 1. The van der Waals surface area contributed by atoms with Gasteiger partial charge >= 0.3 is 0 Å². The van der Waals surface area contributed by atoms with Gasteiger partial charge in [0.2, 0.25) is 5.91 Å². The number of carbonyl (C=O) groups excluding carboxylic acids is 2. The summed E-state index contributed by atoms with van der Waals surface area (Å²) in [6, 6.07) is 9.91. The van der Waals surface area contributed by atoms with Gasteiger partial charge in [0.1, 0.15) is 5.75 Å². The lowest BCUT2D eigenvalue weighted by atomic mass is 9.95. The van der Waals surface area contributed by atoms with E-state index in [1.807, 2.05) is 0 Å². The molecule has 148 valence electrons. The van der Waals surface area contributed by atoms with Gasteiger partial charge in [-0.05, 0) is 49.2 Å². The van der Waals surface area contributed by atoms with Gasteiger partial charge in [-0.15, -0.1) is 0 Å². The zero-order chi connectivity index (χ0) is 20.3. The minimum Gasteiger partial charge on any atom is -0.496 e. The molecule has 1 fully saturated rings. The average Bonchev–Trinajstić information content (AvgIpc) is 2.70. The SMILES string of the molecule is COc1ccc(Cl)cc1C(=O)N1CCC(C(=O)Nc2ccc(Cl)c(Cl)c2)CC1. The molecular formula is C20H19Cl3N2O3. The maximum atomic E-state index is 12.8. The van der Waals surface area contributed by atoms with E-state index in [1.165, 1.54) is 7.11 Å². The summed E-state index contributed by atoms with van der Waals surface area (Å²) in [5, 5.41) is 4.15. The number of hydrogen-bond donors (Lipinski definition) is 1. The van der Waals surface area contributed by atoms with Gasteiger partial charge in [-0.2, -0.15) is 0 Å². The molecule has 0 aromatic heterocycles. The summed E-state index contributed by atoms with van der Waals surface area (Å²) in [5.41, 5.74) is 1.02. The number of nitrogens with one attached hydrogen (secondary N) is 1. The molecule has 0 bridgehead atoms. The lowest BCUT2D eigenvalue weighted by Gasteiger charge is -2.31. The van der Waals surface area contributed by atoms with Gasteiger partial charge in [0, 0.05) is 29.7 Å². The first kappa shape index (κ1) is 20.8. The number of piperidine rings is 1. The maximum Gasteiger partial charge on any atom is 0.257 e. The summed E-state index contributed by atoms with van der Waals surface area (Å²) in [5.74, 6) is 0.0576. The van der Waals surface area contributed by atoms with E-state index in [9.17, 15) is 9.59 Å². The number of likely N-dealkylation sites (tertiary alicyclic amines) is 1. The van der Waals surface area contributed by atoms with Crippen LogP contribution in [0.3, 0.4) is 0 Å². The van der Waals surface area contributed by atoms with E-state index in [1.54, 1.807) is 41.3 Å². The lowest BCUT2D eigenvalue weighted by Crippen LogP contribution is -2.41. The van der Waals surface area contributed by atoms with Gasteiger partial charge in [-0.25, -0.2) is 0 Å². The van der Waals surface area contributed by atoms with Crippen LogP contribution in [0.15, 0.2) is 36.4 Å². The van der Waals surface area contributed by atoms with Gasteiger partial charge in [0.05, 0.1) is 22.7 Å².